The molecule has 0 saturated carbocycles. The van der Waals surface area contributed by atoms with E-state index in [1.54, 1.807) is 11.3 Å². The van der Waals surface area contributed by atoms with E-state index in [1.807, 2.05) is 0 Å². The van der Waals surface area contributed by atoms with Gasteiger partial charge in [-0.25, -0.2) is 4.98 Å². The molecule has 0 atom stereocenters. The maximum atomic E-state index is 9.25. The van der Waals surface area contributed by atoms with E-state index in [9.17, 15) is 5.11 Å². The normalized spacial score (nSPS) is 10.8. The predicted molar refractivity (Wildman–Crippen MR) is 72.3 cm³/mol. The highest BCUT2D eigenvalue weighted by atomic mass is 32.1. The molecule has 1 aromatic carbocycles. The largest absolute Gasteiger partial charge is 0.390 e. The molecule has 0 bridgehead atoms. The molecule has 0 fully saturated rings. The molecule has 90 valence electrons. The molecule has 0 spiro atoms. The van der Waals surface area contributed by atoms with E-state index in [4.69, 9.17) is 0 Å². The van der Waals surface area contributed by atoms with Crippen LogP contribution in [-0.4, -0.2) is 10.1 Å². The number of nitrogens with zero attached hydrogens (tertiary/aromatic N) is 1. The van der Waals surface area contributed by atoms with Crippen molar-refractivity contribution < 1.29 is 5.11 Å². The van der Waals surface area contributed by atoms with Gasteiger partial charge in [0.05, 0.1) is 12.3 Å². The molecular formula is C14H17NOS. The van der Waals surface area contributed by atoms with Crippen LogP contribution in [0.15, 0.2) is 18.2 Å². The second-order valence-electron chi connectivity index (χ2n) is 4.20. The van der Waals surface area contributed by atoms with Crippen LogP contribution in [0.5, 0.6) is 0 Å². The summed E-state index contributed by atoms with van der Waals surface area (Å²) in [5.74, 6) is 0. The molecule has 0 aliphatic carbocycles. The second-order valence-corrected chi connectivity index (χ2v) is 5.28. The van der Waals surface area contributed by atoms with Gasteiger partial charge in [-0.2, -0.15) is 0 Å². The van der Waals surface area contributed by atoms with Gasteiger partial charge in [0.1, 0.15) is 5.01 Å². The summed E-state index contributed by atoms with van der Waals surface area (Å²) in [6.07, 6.45) is 0.929. The molecule has 2 aromatic rings. The third-order valence-corrected chi connectivity index (χ3v) is 4.29. The van der Waals surface area contributed by atoms with E-state index in [2.05, 4.69) is 44.0 Å². The number of benzene rings is 1. The van der Waals surface area contributed by atoms with Crippen molar-refractivity contribution >= 4 is 11.3 Å². The standard InChI is InChI=1S/C14H17NOS/c1-4-13-12(8-16)15-14(17-13)11-6-5-9(2)10(3)7-11/h5-7,16H,4,8H2,1-3H3. The molecule has 3 heteroatoms. The van der Waals surface area contributed by atoms with E-state index < -0.39 is 0 Å². The summed E-state index contributed by atoms with van der Waals surface area (Å²) in [4.78, 5) is 5.69. The quantitative estimate of drug-likeness (QED) is 0.900. The van der Waals surface area contributed by atoms with Crippen LogP contribution in [-0.2, 0) is 13.0 Å². The molecule has 0 saturated heterocycles. The van der Waals surface area contributed by atoms with Gasteiger partial charge in [-0.05, 0) is 37.5 Å². The summed E-state index contributed by atoms with van der Waals surface area (Å²) >= 11 is 1.68. The monoisotopic (exact) mass is 247 g/mol. The Kier molecular flexibility index (Phi) is 3.60. The van der Waals surface area contributed by atoms with Crippen LogP contribution in [0.25, 0.3) is 10.6 Å². The van der Waals surface area contributed by atoms with Gasteiger partial charge in [0.25, 0.3) is 0 Å². The average molecular weight is 247 g/mol. The van der Waals surface area contributed by atoms with E-state index >= 15 is 0 Å². The molecule has 2 rings (SSSR count). The third-order valence-electron chi connectivity index (χ3n) is 3.00. The maximum Gasteiger partial charge on any atom is 0.123 e. The van der Waals surface area contributed by atoms with E-state index in [0.29, 0.717) is 0 Å². The van der Waals surface area contributed by atoms with Crippen molar-refractivity contribution in [3.8, 4) is 10.6 Å². The maximum absolute atomic E-state index is 9.25. The van der Waals surface area contributed by atoms with Crippen LogP contribution in [0.1, 0.15) is 28.6 Å². The van der Waals surface area contributed by atoms with E-state index in [0.717, 1.165) is 22.7 Å². The summed E-state index contributed by atoms with van der Waals surface area (Å²) in [5, 5.41) is 10.3. The van der Waals surface area contributed by atoms with Gasteiger partial charge in [-0.3, -0.25) is 0 Å². The molecule has 0 unspecified atom stereocenters. The first-order valence-electron chi connectivity index (χ1n) is 5.82. The lowest BCUT2D eigenvalue weighted by Crippen LogP contribution is -1.88. The summed E-state index contributed by atoms with van der Waals surface area (Å²) in [6, 6.07) is 6.38. The highest BCUT2D eigenvalue weighted by Crippen LogP contribution is 2.29. The SMILES string of the molecule is CCc1sc(-c2ccc(C)c(C)c2)nc1CO. The van der Waals surface area contributed by atoms with Crippen LogP contribution in [0, 0.1) is 13.8 Å². The lowest BCUT2D eigenvalue weighted by Gasteiger charge is -2.01. The minimum atomic E-state index is 0.0323. The Bertz CT molecular complexity index is 510. The Morgan fingerprint density at radius 3 is 2.53 bits per heavy atom. The Labute approximate surface area is 106 Å². The first-order chi connectivity index (χ1) is 8.15. The Morgan fingerprint density at radius 2 is 2.00 bits per heavy atom. The number of aromatic nitrogens is 1. The fraction of sp³-hybridized carbons (Fsp3) is 0.357. The van der Waals surface area contributed by atoms with Gasteiger partial charge in [-0.15, -0.1) is 11.3 Å². The Morgan fingerprint density at radius 1 is 1.24 bits per heavy atom. The van der Waals surface area contributed by atoms with Gasteiger partial charge in [-0.1, -0.05) is 19.1 Å². The second kappa shape index (κ2) is 4.98. The molecule has 0 aliphatic heterocycles. The van der Waals surface area contributed by atoms with Gasteiger partial charge in [0, 0.05) is 10.4 Å². The van der Waals surface area contributed by atoms with Crippen LogP contribution in [0.2, 0.25) is 0 Å². The summed E-state index contributed by atoms with van der Waals surface area (Å²) in [6.45, 7) is 6.35. The number of hydrogen-bond donors (Lipinski definition) is 1. The highest BCUT2D eigenvalue weighted by molar-refractivity contribution is 7.15. The fourth-order valence-electron chi connectivity index (χ4n) is 1.78. The molecule has 1 N–H and O–H groups in total. The van der Waals surface area contributed by atoms with Crippen LogP contribution >= 0.6 is 11.3 Å². The van der Waals surface area contributed by atoms with Gasteiger partial charge < -0.3 is 5.11 Å². The number of rotatable bonds is 3. The average Bonchev–Trinajstić information content (AvgIpc) is 2.75. The first-order valence-corrected chi connectivity index (χ1v) is 6.64. The number of aliphatic hydroxyl groups excluding tert-OH is 1. The first kappa shape index (κ1) is 12.3. The highest BCUT2D eigenvalue weighted by Gasteiger charge is 2.10. The molecular weight excluding hydrogens is 230 g/mol. The molecule has 2 nitrogen and oxygen atoms in total. The van der Waals surface area contributed by atoms with Crippen molar-refractivity contribution in [3.63, 3.8) is 0 Å². The third kappa shape index (κ3) is 2.40. The number of aliphatic hydroxyl groups is 1. The minimum Gasteiger partial charge on any atom is -0.390 e. The zero-order valence-electron chi connectivity index (χ0n) is 10.4. The van der Waals surface area contributed by atoms with Crippen molar-refractivity contribution in [1.29, 1.82) is 0 Å². The number of thiazole rings is 1. The van der Waals surface area contributed by atoms with Crippen molar-refractivity contribution in [1.82, 2.24) is 4.98 Å². The molecule has 17 heavy (non-hydrogen) atoms. The van der Waals surface area contributed by atoms with Gasteiger partial charge in [0.2, 0.25) is 0 Å². The minimum absolute atomic E-state index is 0.0323. The molecule has 0 aliphatic rings. The zero-order valence-corrected chi connectivity index (χ0v) is 11.3. The Hall–Kier alpha value is -1.19. The molecule has 0 radical (unpaired) electrons. The van der Waals surface area contributed by atoms with Crippen LogP contribution in [0.4, 0.5) is 0 Å². The van der Waals surface area contributed by atoms with E-state index in [-0.39, 0.29) is 6.61 Å². The molecule has 0 amide bonds. The number of hydrogen-bond acceptors (Lipinski definition) is 3. The van der Waals surface area contributed by atoms with E-state index in [1.165, 1.54) is 16.0 Å². The van der Waals surface area contributed by atoms with Crippen molar-refractivity contribution in [2.75, 3.05) is 0 Å². The summed E-state index contributed by atoms with van der Waals surface area (Å²) in [5.41, 5.74) is 4.54. The van der Waals surface area contributed by atoms with Crippen LogP contribution < -0.4 is 0 Å². The number of aryl methyl sites for hydroxylation is 3. The lowest BCUT2D eigenvalue weighted by molar-refractivity contribution is 0.276. The Balaban J connectivity index is 2.45. The smallest absolute Gasteiger partial charge is 0.123 e. The van der Waals surface area contributed by atoms with Crippen molar-refractivity contribution in [3.05, 3.63) is 39.9 Å². The summed E-state index contributed by atoms with van der Waals surface area (Å²) < 4.78 is 0. The molecule has 1 heterocycles. The summed E-state index contributed by atoms with van der Waals surface area (Å²) in [7, 11) is 0. The van der Waals surface area contributed by atoms with Crippen LogP contribution in [0.3, 0.4) is 0 Å². The topological polar surface area (TPSA) is 33.1 Å². The van der Waals surface area contributed by atoms with Crippen molar-refractivity contribution in [2.24, 2.45) is 0 Å². The lowest BCUT2D eigenvalue weighted by atomic mass is 10.1. The fourth-order valence-corrected chi connectivity index (χ4v) is 2.79. The molecule has 1 aromatic heterocycles. The van der Waals surface area contributed by atoms with Crippen molar-refractivity contribution in [2.45, 2.75) is 33.8 Å². The zero-order chi connectivity index (χ0) is 12.4. The van der Waals surface area contributed by atoms with Gasteiger partial charge in [0.15, 0.2) is 0 Å². The van der Waals surface area contributed by atoms with Gasteiger partial charge >= 0.3 is 0 Å². The predicted octanol–water partition coefficient (Wildman–Crippen LogP) is 3.48.